The molecule has 5 nitrogen and oxygen atoms in total. The van der Waals surface area contributed by atoms with Crippen LogP contribution in [0.1, 0.15) is 21.5 Å². The number of nitrogen functional groups attached to an aromatic ring is 1. The number of nitrogens with one attached hydrogen (secondary N) is 1. The number of carbonyl (C=O) groups excluding carboxylic acids is 1. The van der Waals surface area contributed by atoms with Crippen molar-refractivity contribution in [1.82, 2.24) is 10.3 Å². The van der Waals surface area contributed by atoms with Gasteiger partial charge in [-0.15, -0.1) is 0 Å². The van der Waals surface area contributed by atoms with Crippen molar-refractivity contribution in [2.75, 3.05) is 12.3 Å². The molecule has 0 saturated carbocycles. The maximum atomic E-state index is 12.2. The summed E-state index contributed by atoms with van der Waals surface area (Å²) >= 11 is 3.48. The molecule has 3 N–H and O–H groups in total. The van der Waals surface area contributed by atoms with E-state index in [9.17, 15) is 4.79 Å². The molecule has 3 rings (SSSR count). The Morgan fingerprint density at radius 3 is 3.14 bits per heavy atom. The number of benzene rings is 1. The largest absolute Gasteiger partial charge is 0.493 e. The van der Waals surface area contributed by atoms with Gasteiger partial charge in [-0.1, -0.05) is 15.9 Å². The van der Waals surface area contributed by atoms with Crippen LogP contribution in [0.5, 0.6) is 5.75 Å². The monoisotopic (exact) mass is 347 g/mol. The summed E-state index contributed by atoms with van der Waals surface area (Å²) in [7, 11) is 0. The number of rotatable bonds is 3. The number of nitrogens with two attached hydrogens (primary N) is 1. The fraction of sp³-hybridized carbons (Fsp3) is 0.200. The molecule has 2 heterocycles. The van der Waals surface area contributed by atoms with Crippen molar-refractivity contribution in [1.29, 1.82) is 0 Å². The molecule has 0 fully saturated rings. The molecule has 0 aliphatic carbocycles. The third kappa shape index (κ3) is 2.85. The van der Waals surface area contributed by atoms with Crippen molar-refractivity contribution in [3.63, 3.8) is 0 Å². The van der Waals surface area contributed by atoms with E-state index < -0.39 is 0 Å². The van der Waals surface area contributed by atoms with E-state index in [2.05, 4.69) is 32.3 Å². The molecule has 1 aliphatic heterocycles. The zero-order valence-corrected chi connectivity index (χ0v) is 12.8. The molecule has 0 radical (unpaired) electrons. The maximum absolute atomic E-state index is 12.2. The number of ether oxygens (including phenoxy) is 1. The predicted octanol–water partition coefficient (Wildman–Crippen LogP) is 2.29. The van der Waals surface area contributed by atoms with Crippen LogP contribution in [-0.2, 0) is 13.0 Å². The van der Waals surface area contributed by atoms with Crippen LogP contribution < -0.4 is 15.8 Å². The minimum absolute atomic E-state index is 0.221. The van der Waals surface area contributed by atoms with Gasteiger partial charge >= 0.3 is 0 Å². The third-order valence-electron chi connectivity index (χ3n) is 3.36. The molecule has 0 bridgehead atoms. The number of fused-ring (bicyclic) bond motifs is 1. The van der Waals surface area contributed by atoms with Gasteiger partial charge in [0, 0.05) is 29.2 Å². The van der Waals surface area contributed by atoms with Crippen LogP contribution >= 0.6 is 15.9 Å². The Morgan fingerprint density at radius 1 is 1.48 bits per heavy atom. The van der Waals surface area contributed by atoms with Gasteiger partial charge in [-0.25, -0.2) is 0 Å². The lowest BCUT2D eigenvalue weighted by molar-refractivity contribution is 0.0951. The maximum Gasteiger partial charge on any atom is 0.253 e. The number of amides is 1. The second-order valence-electron chi connectivity index (χ2n) is 4.80. The van der Waals surface area contributed by atoms with Gasteiger partial charge in [0.05, 0.1) is 24.1 Å². The quantitative estimate of drug-likeness (QED) is 0.892. The van der Waals surface area contributed by atoms with E-state index in [-0.39, 0.29) is 5.91 Å². The Kier molecular flexibility index (Phi) is 3.79. The molecular weight excluding hydrogens is 334 g/mol. The Hall–Kier alpha value is -2.08. The number of anilines is 1. The summed E-state index contributed by atoms with van der Waals surface area (Å²) in [6.45, 7) is 1.08. The zero-order chi connectivity index (χ0) is 14.8. The first kappa shape index (κ1) is 13.9. The molecule has 1 aliphatic rings. The van der Waals surface area contributed by atoms with Crippen molar-refractivity contribution in [3.8, 4) is 5.75 Å². The van der Waals surface area contributed by atoms with Crippen LogP contribution in [0.25, 0.3) is 0 Å². The fourth-order valence-electron chi connectivity index (χ4n) is 2.36. The normalized spacial score (nSPS) is 12.6. The van der Waals surface area contributed by atoms with Crippen LogP contribution in [0.15, 0.2) is 35.1 Å². The SMILES string of the molecule is Nc1cnccc1C(=O)NCc1cc(Br)cc2c1OCC2. The van der Waals surface area contributed by atoms with Crippen molar-refractivity contribution in [2.45, 2.75) is 13.0 Å². The molecule has 2 aromatic rings. The van der Waals surface area contributed by atoms with E-state index in [1.54, 1.807) is 12.3 Å². The van der Waals surface area contributed by atoms with Gasteiger partial charge in [0.25, 0.3) is 5.91 Å². The van der Waals surface area contributed by atoms with Crippen molar-refractivity contribution >= 4 is 27.5 Å². The Morgan fingerprint density at radius 2 is 2.33 bits per heavy atom. The lowest BCUT2D eigenvalue weighted by Gasteiger charge is -2.11. The molecular formula is C15H14BrN3O2. The van der Waals surface area contributed by atoms with E-state index in [1.807, 2.05) is 6.07 Å². The first-order valence-corrected chi connectivity index (χ1v) is 7.36. The second kappa shape index (κ2) is 5.73. The molecule has 0 unspecified atom stereocenters. The van der Waals surface area contributed by atoms with Gasteiger partial charge in [-0.2, -0.15) is 0 Å². The van der Waals surface area contributed by atoms with Gasteiger partial charge in [-0.3, -0.25) is 9.78 Å². The highest BCUT2D eigenvalue weighted by atomic mass is 79.9. The van der Waals surface area contributed by atoms with E-state index in [1.165, 1.54) is 6.20 Å². The second-order valence-corrected chi connectivity index (χ2v) is 5.71. The van der Waals surface area contributed by atoms with Crippen LogP contribution in [-0.4, -0.2) is 17.5 Å². The van der Waals surface area contributed by atoms with Gasteiger partial charge < -0.3 is 15.8 Å². The van der Waals surface area contributed by atoms with Gasteiger partial charge in [0.2, 0.25) is 0 Å². The molecule has 108 valence electrons. The number of hydrogen-bond donors (Lipinski definition) is 2. The molecule has 6 heteroatoms. The highest BCUT2D eigenvalue weighted by molar-refractivity contribution is 9.10. The first-order chi connectivity index (χ1) is 10.1. The van der Waals surface area contributed by atoms with E-state index in [4.69, 9.17) is 10.5 Å². The average molecular weight is 348 g/mol. The van der Waals surface area contributed by atoms with Crippen LogP contribution in [0.3, 0.4) is 0 Å². The van der Waals surface area contributed by atoms with Gasteiger partial charge in [0.15, 0.2) is 0 Å². The summed E-state index contributed by atoms with van der Waals surface area (Å²) < 4.78 is 6.63. The first-order valence-electron chi connectivity index (χ1n) is 6.57. The number of carbonyl (C=O) groups is 1. The Bertz CT molecular complexity index is 703. The highest BCUT2D eigenvalue weighted by Gasteiger charge is 2.18. The lowest BCUT2D eigenvalue weighted by atomic mass is 10.1. The van der Waals surface area contributed by atoms with Crippen LogP contribution in [0, 0.1) is 0 Å². The summed E-state index contributed by atoms with van der Waals surface area (Å²) in [5, 5.41) is 2.87. The Labute approximate surface area is 130 Å². The van der Waals surface area contributed by atoms with Gasteiger partial charge in [-0.05, 0) is 23.8 Å². The zero-order valence-electron chi connectivity index (χ0n) is 11.2. The average Bonchev–Trinajstić information content (AvgIpc) is 2.93. The van der Waals surface area contributed by atoms with Crippen molar-refractivity contribution in [2.24, 2.45) is 0 Å². The molecule has 1 amide bonds. The molecule has 1 aromatic carbocycles. The van der Waals surface area contributed by atoms with Crippen molar-refractivity contribution in [3.05, 3.63) is 51.8 Å². The molecule has 21 heavy (non-hydrogen) atoms. The molecule has 0 atom stereocenters. The number of aromatic nitrogens is 1. The molecule has 0 spiro atoms. The predicted molar refractivity (Wildman–Crippen MR) is 83.2 cm³/mol. The third-order valence-corrected chi connectivity index (χ3v) is 3.82. The summed E-state index contributed by atoms with van der Waals surface area (Å²) in [5.74, 6) is 0.655. The topological polar surface area (TPSA) is 77.2 Å². The summed E-state index contributed by atoms with van der Waals surface area (Å²) in [6, 6.07) is 5.61. The number of halogens is 1. The van der Waals surface area contributed by atoms with Crippen LogP contribution in [0.2, 0.25) is 0 Å². The summed E-state index contributed by atoms with van der Waals surface area (Å²) in [6.07, 6.45) is 3.91. The number of nitrogens with zero attached hydrogens (tertiary/aromatic N) is 1. The summed E-state index contributed by atoms with van der Waals surface area (Å²) in [4.78, 5) is 16.0. The highest BCUT2D eigenvalue weighted by Crippen LogP contribution is 2.32. The van der Waals surface area contributed by atoms with Gasteiger partial charge in [0.1, 0.15) is 5.75 Å². The number of pyridine rings is 1. The summed E-state index contributed by atoms with van der Waals surface area (Å²) in [5.41, 5.74) is 8.66. The lowest BCUT2D eigenvalue weighted by Crippen LogP contribution is -2.24. The standard InChI is InChI=1S/C15H14BrN3O2/c16-11-5-9-2-4-21-14(9)10(6-11)7-19-15(20)12-1-3-18-8-13(12)17/h1,3,5-6,8H,2,4,7,17H2,(H,19,20). The van der Waals surface area contributed by atoms with E-state index >= 15 is 0 Å². The number of hydrogen-bond acceptors (Lipinski definition) is 4. The molecule has 1 aromatic heterocycles. The van der Waals surface area contributed by atoms with Crippen LogP contribution in [0.4, 0.5) is 5.69 Å². The van der Waals surface area contributed by atoms with E-state index in [0.717, 1.165) is 27.8 Å². The smallest absolute Gasteiger partial charge is 0.253 e. The molecule has 0 saturated heterocycles. The van der Waals surface area contributed by atoms with Crippen molar-refractivity contribution < 1.29 is 9.53 Å². The fourth-order valence-corrected chi connectivity index (χ4v) is 2.91. The van der Waals surface area contributed by atoms with E-state index in [0.29, 0.717) is 24.4 Å². The minimum atomic E-state index is -0.221. The minimum Gasteiger partial charge on any atom is -0.493 e. The Balaban J connectivity index is 1.77.